The van der Waals surface area contributed by atoms with Crippen LogP contribution in [-0.4, -0.2) is 35.1 Å². The van der Waals surface area contributed by atoms with Gasteiger partial charge >= 0.3 is 5.97 Å². The number of aromatic carboxylic acids is 1. The van der Waals surface area contributed by atoms with Gasteiger partial charge in [-0.25, -0.2) is 9.78 Å². The summed E-state index contributed by atoms with van der Waals surface area (Å²) in [6.45, 7) is 0. The van der Waals surface area contributed by atoms with Gasteiger partial charge in [0.2, 0.25) is 5.13 Å². The Labute approximate surface area is 151 Å². The highest BCUT2D eigenvalue weighted by molar-refractivity contribution is 7.21. The number of anilines is 1. The summed E-state index contributed by atoms with van der Waals surface area (Å²) in [4.78, 5) is 27.8. The van der Waals surface area contributed by atoms with Gasteiger partial charge in [0.15, 0.2) is 0 Å². The third-order valence-electron chi connectivity index (χ3n) is 3.54. The van der Waals surface area contributed by atoms with Gasteiger partial charge in [0, 0.05) is 31.9 Å². The maximum Gasteiger partial charge on any atom is 0.338 e. The van der Waals surface area contributed by atoms with Crippen LogP contribution in [0.25, 0.3) is 10.2 Å². The molecule has 132 valence electrons. The first kappa shape index (κ1) is 17.4. The molecule has 10 heteroatoms. The summed E-state index contributed by atoms with van der Waals surface area (Å²) < 4.78 is 0.606. The van der Waals surface area contributed by atoms with Crippen LogP contribution >= 0.6 is 11.3 Å². The Morgan fingerprint density at radius 3 is 2.65 bits per heavy atom. The van der Waals surface area contributed by atoms with Gasteiger partial charge in [0.1, 0.15) is 5.69 Å². The first-order chi connectivity index (χ1) is 12.3. The third kappa shape index (κ3) is 3.49. The predicted molar refractivity (Wildman–Crippen MR) is 98.2 cm³/mol. The van der Waals surface area contributed by atoms with Crippen molar-refractivity contribution in [3.63, 3.8) is 0 Å². The average Bonchev–Trinajstić information content (AvgIpc) is 3.01. The van der Waals surface area contributed by atoms with Crippen molar-refractivity contribution < 1.29 is 14.8 Å². The topological polar surface area (TPSA) is 121 Å². The zero-order valence-corrected chi connectivity index (χ0v) is 14.6. The maximum absolute atomic E-state index is 11.5. The van der Waals surface area contributed by atoms with Crippen LogP contribution in [0, 0.1) is 10.1 Å². The fourth-order valence-corrected chi connectivity index (χ4v) is 3.04. The van der Waals surface area contributed by atoms with Gasteiger partial charge in [0.05, 0.1) is 20.7 Å². The van der Waals surface area contributed by atoms with Crippen molar-refractivity contribution in [1.29, 1.82) is 0 Å². The second-order valence-electron chi connectivity index (χ2n) is 5.51. The molecule has 0 fully saturated rings. The second-order valence-corrected chi connectivity index (χ2v) is 6.52. The van der Waals surface area contributed by atoms with Gasteiger partial charge in [0.25, 0.3) is 5.69 Å². The van der Waals surface area contributed by atoms with Gasteiger partial charge in [-0.2, -0.15) is 0 Å². The molecule has 3 aromatic rings. The molecule has 9 nitrogen and oxygen atoms in total. The van der Waals surface area contributed by atoms with E-state index in [4.69, 9.17) is 0 Å². The molecule has 1 aromatic heterocycles. The molecule has 26 heavy (non-hydrogen) atoms. The van der Waals surface area contributed by atoms with E-state index >= 15 is 0 Å². The highest BCUT2D eigenvalue weighted by Crippen LogP contribution is 2.32. The van der Waals surface area contributed by atoms with Gasteiger partial charge < -0.3 is 10.0 Å². The Balaban J connectivity index is 1.95. The molecule has 0 radical (unpaired) electrons. The van der Waals surface area contributed by atoms with Crippen molar-refractivity contribution in [3.05, 3.63) is 52.1 Å². The van der Waals surface area contributed by atoms with E-state index in [1.54, 1.807) is 17.0 Å². The summed E-state index contributed by atoms with van der Waals surface area (Å²) in [5.74, 6) is -1.11. The standard InChI is InChI=1S/C16H13N5O4S/c1-20(2)9-3-5-12(11(7-9)15(22)23)18-19-16-17-13-6-4-10(21(24)25)8-14(13)26-16/h3-8H,1-2H3,(H,22,23). The number of nitro groups is 1. The minimum atomic E-state index is -1.11. The number of fused-ring (bicyclic) bond motifs is 1. The average molecular weight is 371 g/mol. The minimum absolute atomic E-state index is 0.0247. The van der Waals surface area contributed by atoms with Gasteiger partial charge in [-0.05, 0) is 24.3 Å². The van der Waals surface area contributed by atoms with Crippen molar-refractivity contribution >= 4 is 49.7 Å². The summed E-state index contributed by atoms with van der Waals surface area (Å²) in [6.07, 6.45) is 0. The van der Waals surface area contributed by atoms with E-state index in [-0.39, 0.29) is 22.1 Å². The molecule has 0 amide bonds. The largest absolute Gasteiger partial charge is 0.478 e. The van der Waals surface area contributed by atoms with E-state index in [0.717, 1.165) is 17.0 Å². The minimum Gasteiger partial charge on any atom is -0.478 e. The number of azo groups is 1. The van der Waals surface area contributed by atoms with Crippen LogP contribution in [0.1, 0.15) is 10.4 Å². The maximum atomic E-state index is 11.5. The quantitative estimate of drug-likeness (QED) is 0.403. The van der Waals surface area contributed by atoms with E-state index < -0.39 is 10.9 Å². The van der Waals surface area contributed by atoms with Crippen LogP contribution in [0.5, 0.6) is 0 Å². The van der Waals surface area contributed by atoms with Crippen LogP contribution in [0.15, 0.2) is 46.6 Å². The number of hydrogen-bond donors (Lipinski definition) is 1. The molecular formula is C16H13N5O4S. The fourth-order valence-electron chi connectivity index (χ4n) is 2.21. The first-order valence-electron chi connectivity index (χ1n) is 7.36. The number of rotatable bonds is 5. The van der Waals surface area contributed by atoms with E-state index in [1.807, 2.05) is 14.1 Å². The highest BCUT2D eigenvalue weighted by Gasteiger charge is 2.13. The lowest BCUT2D eigenvalue weighted by atomic mass is 10.1. The molecule has 0 saturated carbocycles. The molecule has 3 rings (SSSR count). The van der Waals surface area contributed by atoms with Crippen molar-refractivity contribution in [2.24, 2.45) is 10.2 Å². The number of carbonyl (C=O) groups is 1. The zero-order valence-electron chi connectivity index (χ0n) is 13.8. The highest BCUT2D eigenvalue weighted by atomic mass is 32.1. The van der Waals surface area contributed by atoms with E-state index in [0.29, 0.717) is 10.2 Å². The molecule has 0 bridgehead atoms. The molecule has 1 heterocycles. The lowest BCUT2D eigenvalue weighted by molar-refractivity contribution is -0.384. The number of hydrogen-bond acceptors (Lipinski definition) is 8. The van der Waals surface area contributed by atoms with Crippen molar-refractivity contribution in [2.75, 3.05) is 19.0 Å². The Morgan fingerprint density at radius 1 is 1.23 bits per heavy atom. The monoisotopic (exact) mass is 371 g/mol. The normalized spacial score (nSPS) is 11.2. The van der Waals surface area contributed by atoms with Crippen molar-refractivity contribution in [2.45, 2.75) is 0 Å². The Kier molecular flexibility index (Phi) is 4.59. The van der Waals surface area contributed by atoms with Crippen molar-refractivity contribution in [1.82, 2.24) is 4.98 Å². The van der Waals surface area contributed by atoms with Gasteiger partial charge in [-0.1, -0.05) is 11.3 Å². The number of carboxylic acids is 1. The number of benzene rings is 2. The molecular weight excluding hydrogens is 358 g/mol. The van der Waals surface area contributed by atoms with Crippen LogP contribution in [0.3, 0.4) is 0 Å². The molecule has 2 aromatic carbocycles. The third-order valence-corrected chi connectivity index (χ3v) is 4.44. The van der Waals surface area contributed by atoms with Crippen LogP contribution in [0.2, 0.25) is 0 Å². The number of nitro benzene ring substituents is 1. The first-order valence-corrected chi connectivity index (χ1v) is 8.18. The number of nitrogens with zero attached hydrogens (tertiary/aromatic N) is 5. The number of aromatic nitrogens is 1. The Hall–Kier alpha value is -3.40. The predicted octanol–water partition coefficient (Wildman–Crippen LogP) is 4.38. The lowest BCUT2D eigenvalue weighted by Gasteiger charge is -2.13. The molecule has 0 aliphatic carbocycles. The van der Waals surface area contributed by atoms with Crippen molar-refractivity contribution in [3.8, 4) is 0 Å². The fraction of sp³-hybridized carbons (Fsp3) is 0.125. The summed E-state index contributed by atoms with van der Waals surface area (Å²) >= 11 is 1.14. The molecule has 0 atom stereocenters. The molecule has 0 unspecified atom stereocenters. The molecule has 0 aliphatic heterocycles. The molecule has 0 aliphatic rings. The number of thiazole rings is 1. The summed E-state index contributed by atoms with van der Waals surface area (Å²) in [5, 5.41) is 28.5. The zero-order chi connectivity index (χ0) is 18.8. The molecule has 1 N–H and O–H groups in total. The van der Waals surface area contributed by atoms with E-state index in [1.165, 1.54) is 24.3 Å². The lowest BCUT2D eigenvalue weighted by Crippen LogP contribution is -2.09. The molecule has 0 saturated heterocycles. The number of carboxylic acid groups (broad SMARTS) is 1. The SMILES string of the molecule is CN(C)c1ccc(N=Nc2nc3ccc([N+](=O)[O-])cc3s2)c(C(=O)O)c1. The van der Waals surface area contributed by atoms with Crippen LogP contribution < -0.4 is 4.90 Å². The van der Waals surface area contributed by atoms with E-state index in [2.05, 4.69) is 15.2 Å². The Bertz CT molecular complexity index is 1040. The molecule has 0 spiro atoms. The van der Waals surface area contributed by atoms with E-state index in [9.17, 15) is 20.0 Å². The number of non-ortho nitro benzene ring substituents is 1. The smallest absolute Gasteiger partial charge is 0.338 e. The van der Waals surface area contributed by atoms with Gasteiger partial charge in [-0.3, -0.25) is 10.1 Å². The van der Waals surface area contributed by atoms with Crippen LogP contribution in [-0.2, 0) is 0 Å². The second kappa shape index (κ2) is 6.84. The van der Waals surface area contributed by atoms with Gasteiger partial charge in [-0.15, -0.1) is 10.2 Å². The van der Waals surface area contributed by atoms with Crippen LogP contribution in [0.4, 0.5) is 22.2 Å². The summed E-state index contributed by atoms with van der Waals surface area (Å²) in [6, 6.07) is 9.14. The Morgan fingerprint density at radius 2 is 2.00 bits per heavy atom. The summed E-state index contributed by atoms with van der Waals surface area (Å²) in [5.41, 5.74) is 1.49. The summed E-state index contributed by atoms with van der Waals surface area (Å²) in [7, 11) is 3.62.